The molecule has 2 aliphatic carbocycles. The van der Waals surface area contributed by atoms with Crippen LogP contribution in [0, 0.1) is 5.41 Å². The second kappa shape index (κ2) is 10.2. The van der Waals surface area contributed by atoms with Gasteiger partial charge >= 0.3 is 12.1 Å². The molecule has 1 amide bonds. The van der Waals surface area contributed by atoms with Crippen LogP contribution < -0.4 is 10.1 Å². The quantitative estimate of drug-likeness (QED) is 0.391. The highest BCUT2D eigenvalue weighted by Gasteiger charge is 2.45. The van der Waals surface area contributed by atoms with Gasteiger partial charge in [0, 0.05) is 25.6 Å². The van der Waals surface area contributed by atoms with Crippen molar-refractivity contribution in [3.63, 3.8) is 0 Å². The molecule has 2 aliphatic rings. The van der Waals surface area contributed by atoms with E-state index >= 15 is 0 Å². The van der Waals surface area contributed by atoms with E-state index in [1.165, 1.54) is 41.9 Å². The van der Waals surface area contributed by atoms with E-state index in [0.29, 0.717) is 28.9 Å². The van der Waals surface area contributed by atoms with Crippen molar-refractivity contribution in [3.05, 3.63) is 42.4 Å². The highest BCUT2D eigenvalue weighted by atomic mass is 32.1. The van der Waals surface area contributed by atoms with E-state index in [9.17, 15) is 4.79 Å². The summed E-state index contributed by atoms with van der Waals surface area (Å²) in [5.41, 5.74) is 1.80. The van der Waals surface area contributed by atoms with Crippen LogP contribution in [-0.2, 0) is 11.3 Å². The number of pyridine rings is 1. The second-order valence-electron chi connectivity index (χ2n) is 11.1. The average molecular weight is 523 g/mol. The van der Waals surface area contributed by atoms with Gasteiger partial charge in [0.2, 0.25) is 0 Å². The molecule has 0 saturated heterocycles. The zero-order valence-corrected chi connectivity index (χ0v) is 22.7. The van der Waals surface area contributed by atoms with Crippen LogP contribution in [0.3, 0.4) is 0 Å². The highest BCUT2D eigenvalue weighted by Crippen LogP contribution is 2.56. The molecular formula is C27H34N6O3S. The SMILES string of the molecule is CN(Cc1ccc(Nc2ncc(-c3ccnc(OC4CCC5(CC4)CC5)n3)s2)nc1)C(=O)OC(C)(C)C. The molecule has 3 aromatic rings. The lowest BCUT2D eigenvalue weighted by atomic mass is 9.85. The molecule has 1 N–H and O–H groups in total. The molecule has 0 aromatic carbocycles. The number of carbonyl (C=O) groups is 1. The first-order chi connectivity index (χ1) is 17.7. The maximum atomic E-state index is 12.2. The number of amides is 1. The van der Waals surface area contributed by atoms with E-state index in [0.717, 1.165) is 29.0 Å². The predicted molar refractivity (Wildman–Crippen MR) is 143 cm³/mol. The maximum Gasteiger partial charge on any atom is 0.410 e. The van der Waals surface area contributed by atoms with Gasteiger partial charge in [0.05, 0.1) is 17.1 Å². The second-order valence-corrected chi connectivity index (χ2v) is 12.1. The number of ether oxygens (including phenoxy) is 2. The minimum absolute atomic E-state index is 0.207. The zero-order chi connectivity index (χ0) is 26.0. The van der Waals surface area contributed by atoms with Crippen molar-refractivity contribution in [2.75, 3.05) is 12.4 Å². The van der Waals surface area contributed by atoms with Crippen molar-refractivity contribution in [3.8, 4) is 16.6 Å². The molecule has 0 bridgehead atoms. The fourth-order valence-electron chi connectivity index (χ4n) is 4.51. The van der Waals surface area contributed by atoms with Crippen molar-refractivity contribution < 1.29 is 14.3 Å². The Labute approximate surface area is 221 Å². The van der Waals surface area contributed by atoms with Gasteiger partial charge in [-0.3, -0.25) is 0 Å². The number of rotatable bonds is 7. The summed E-state index contributed by atoms with van der Waals surface area (Å²) in [6.45, 7) is 5.95. The van der Waals surface area contributed by atoms with Gasteiger partial charge in [-0.2, -0.15) is 4.98 Å². The Morgan fingerprint density at radius 3 is 2.57 bits per heavy atom. The van der Waals surface area contributed by atoms with Gasteiger partial charge in [0.25, 0.3) is 0 Å². The first-order valence-corrected chi connectivity index (χ1v) is 13.6. The molecule has 1 spiro atoms. The standard InChI is InChI=1S/C27H34N6O3S/c1-26(2,3)36-25(34)33(4)17-18-5-6-22(29-15-18)32-24-30-16-21(37-24)20-9-14-28-23(31-20)35-19-7-10-27(11-8-19)12-13-27/h5-6,9,14-16,19H,7-8,10-13,17H2,1-4H3,(H,29,30,32). The van der Waals surface area contributed by atoms with Crippen LogP contribution in [0.1, 0.15) is 64.9 Å². The predicted octanol–water partition coefficient (Wildman–Crippen LogP) is 6.21. The van der Waals surface area contributed by atoms with Crippen LogP contribution in [0.2, 0.25) is 0 Å². The number of anilines is 2. The molecule has 5 rings (SSSR count). The third-order valence-electron chi connectivity index (χ3n) is 6.80. The Balaban J connectivity index is 1.16. The molecule has 10 heteroatoms. The Morgan fingerprint density at radius 2 is 1.89 bits per heavy atom. The minimum atomic E-state index is -0.529. The van der Waals surface area contributed by atoms with Crippen LogP contribution in [0.15, 0.2) is 36.8 Å². The van der Waals surface area contributed by atoms with Crippen molar-refractivity contribution in [1.29, 1.82) is 0 Å². The molecule has 196 valence electrons. The number of hydrogen-bond donors (Lipinski definition) is 1. The summed E-state index contributed by atoms with van der Waals surface area (Å²) in [4.78, 5) is 32.6. The van der Waals surface area contributed by atoms with E-state index in [1.807, 2.05) is 39.0 Å². The van der Waals surface area contributed by atoms with Crippen LogP contribution >= 0.6 is 11.3 Å². The first-order valence-electron chi connectivity index (χ1n) is 12.8. The van der Waals surface area contributed by atoms with E-state index in [2.05, 4.69) is 25.3 Å². The topological polar surface area (TPSA) is 102 Å². The first kappa shape index (κ1) is 25.4. The third-order valence-corrected chi connectivity index (χ3v) is 7.73. The molecular weight excluding hydrogens is 488 g/mol. The number of carbonyl (C=O) groups excluding carboxylic acids is 1. The largest absolute Gasteiger partial charge is 0.460 e. The summed E-state index contributed by atoms with van der Waals surface area (Å²) in [6.07, 6.45) is 12.6. The number of nitrogens with one attached hydrogen (secondary N) is 1. The van der Waals surface area contributed by atoms with Crippen LogP contribution in [0.25, 0.3) is 10.6 Å². The molecule has 0 aliphatic heterocycles. The molecule has 0 atom stereocenters. The highest BCUT2D eigenvalue weighted by molar-refractivity contribution is 7.18. The molecule has 3 heterocycles. The summed E-state index contributed by atoms with van der Waals surface area (Å²) < 4.78 is 11.5. The molecule has 2 saturated carbocycles. The lowest BCUT2D eigenvalue weighted by Gasteiger charge is -2.28. The molecule has 0 radical (unpaired) electrons. The van der Waals surface area contributed by atoms with Gasteiger partial charge in [0.1, 0.15) is 17.5 Å². The van der Waals surface area contributed by atoms with Crippen LogP contribution in [0.5, 0.6) is 6.01 Å². The summed E-state index contributed by atoms with van der Waals surface area (Å²) in [7, 11) is 1.71. The van der Waals surface area contributed by atoms with Gasteiger partial charge in [-0.05, 0) is 82.4 Å². The monoisotopic (exact) mass is 522 g/mol. The fourth-order valence-corrected chi connectivity index (χ4v) is 5.31. The molecule has 3 aromatic heterocycles. The van der Waals surface area contributed by atoms with Gasteiger partial charge in [-0.25, -0.2) is 19.7 Å². The van der Waals surface area contributed by atoms with Gasteiger partial charge in [-0.1, -0.05) is 17.4 Å². The van der Waals surface area contributed by atoms with Crippen molar-refractivity contribution in [1.82, 2.24) is 24.8 Å². The Morgan fingerprint density at radius 1 is 1.11 bits per heavy atom. The summed E-state index contributed by atoms with van der Waals surface area (Å²) >= 11 is 1.49. The number of hydrogen-bond acceptors (Lipinski definition) is 9. The van der Waals surface area contributed by atoms with Crippen molar-refractivity contribution in [2.45, 2.75) is 77.5 Å². The zero-order valence-electron chi connectivity index (χ0n) is 21.9. The lowest BCUT2D eigenvalue weighted by molar-refractivity contribution is 0.0285. The summed E-state index contributed by atoms with van der Waals surface area (Å²) in [5.74, 6) is 0.669. The molecule has 2 fully saturated rings. The van der Waals surface area contributed by atoms with Gasteiger partial charge in [0.15, 0.2) is 5.13 Å². The number of aromatic nitrogens is 4. The maximum absolute atomic E-state index is 12.2. The van der Waals surface area contributed by atoms with E-state index < -0.39 is 5.60 Å². The minimum Gasteiger partial charge on any atom is -0.460 e. The molecule has 0 unspecified atom stereocenters. The smallest absolute Gasteiger partial charge is 0.410 e. The Kier molecular flexibility index (Phi) is 7.02. The fraction of sp³-hybridized carbons (Fsp3) is 0.519. The summed E-state index contributed by atoms with van der Waals surface area (Å²) in [5, 5.41) is 3.95. The number of thiazole rings is 1. The van der Waals surface area contributed by atoms with Crippen LogP contribution in [0.4, 0.5) is 15.7 Å². The molecule has 9 nitrogen and oxygen atoms in total. The van der Waals surface area contributed by atoms with E-state index in [4.69, 9.17) is 9.47 Å². The van der Waals surface area contributed by atoms with Crippen LogP contribution in [-0.4, -0.2) is 49.7 Å². The van der Waals surface area contributed by atoms with Crippen molar-refractivity contribution in [2.24, 2.45) is 5.41 Å². The van der Waals surface area contributed by atoms with Gasteiger partial charge in [-0.15, -0.1) is 0 Å². The van der Waals surface area contributed by atoms with Gasteiger partial charge < -0.3 is 19.7 Å². The Bertz CT molecular complexity index is 1230. The van der Waals surface area contributed by atoms with Crippen molar-refractivity contribution >= 4 is 28.4 Å². The molecule has 37 heavy (non-hydrogen) atoms. The number of nitrogens with zero attached hydrogens (tertiary/aromatic N) is 5. The third kappa shape index (κ3) is 6.74. The van der Waals surface area contributed by atoms with E-state index in [-0.39, 0.29) is 12.2 Å². The normalized spacial score (nSPS) is 16.9. The lowest BCUT2D eigenvalue weighted by Crippen LogP contribution is -2.33. The summed E-state index contributed by atoms with van der Waals surface area (Å²) in [6, 6.07) is 6.10. The van der Waals surface area contributed by atoms with E-state index in [1.54, 1.807) is 25.6 Å². The average Bonchev–Trinajstić information content (AvgIpc) is 3.45. The Hall–Kier alpha value is -3.27.